The first-order valence-electron chi connectivity index (χ1n) is 10.3. The zero-order valence-electron chi connectivity index (χ0n) is 18.5. The summed E-state index contributed by atoms with van der Waals surface area (Å²) in [6, 6.07) is 14.9. The number of thioether (sulfide) groups is 1. The predicted octanol–water partition coefficient (Wildman–Crippen LogP) is 5.58. The Morgan fingerprint density at radius 2 is 1.78 bits per heavy atom. The fraction of sp³-hybridized carbons (Fsp3) is 0.348. The van der Waals surface area contributed by atoms with Crippen molar-refractivity contribution in [3.63, 3.8) is 0 Å². The normalized spacial score (nSPS) is 11.9. The minimum Gasteiger partial charge on any atom is -0.497 e. The van der Waals surface area contributed by atoms with E-state index in [1.165, 1.54) is 11.8 Å². The third-order valence-electron chi connectivity index (χ3n) is 4.51. The van der Waals surface area contributed by atoms with Gasteiger partial charge in [-0.15, -0.1) is 10.2 Å². The molecule has 3 aromatic rings. The molecule has 0 aliphatic carbocycles. The maximum atomic E-state index is 12.5. The summed E-state index contributed by atoms with van der Waals surface area (Å²) >= 11 is 4.81. The highest BCUT2D eigenvalue weighted by atomic mass is 79.9. The number of ether oxygens (including phenoxy) is 2. The first kappa shape index (κ1) is 24.1. The lowest BCUT2D eigenvalue weighted by Crippen LogP contribution is -2.17. The average molecular weight is 519 g/mol. The third-order valence-corrected chi connectivity index (χ3v) is 6.17. The molecule has 2 aromatic carbocycles. The standard InChI is InChI=1S/C23H27BrN4O3S/c1-15(2)13-28-22(16(3)31-18-11-9-17(30-4)10-12-18)26-27-23(28)32-14-21(29)25-20-8-6-5-7-19(20)24/h5-12,15-16H,13-14H2,1-4H3,(H,25,29). The van der Waals surface area contributed by atoms with Crippen LogP contribution in [0.15, 0.2) is 58.2 Å². The number of hydrogen-bond donors (Lipinski definition) is 1. The first-order valence-corrected chi connectivity index (χ1v) is 12.1. The molecule has 7 nitrogen and oxygen atoms in total. The number of rotatable bonds is 10. The molecular formula is C23H27BrN4O3S. The van der Waals surface area contributed by atoms with E-state index >= 15 is 0 Å². The molecule has 0 fully saturated rings. The largest absolute Gasteiger partial charge is 0.497 e. The highest BCUT2D eigenvalue weighted by Crippen LogP contribution is 2.27. The Hall–Kier alpha value is -2.52. The number of aromatic nitrogens is 3. The topological polar surface area (TPSA) is 78.3 Å². The van der Waals surface area contributed by atoms with Crippen LogP contribution in [-0.4, -0.2) is 33.5 Å². The van der Waals surface area contributed by atoms with E-state index in [-0.39, 0.29) is 17.8 Å². The van der Waals surface area contributed by atoms with Gasteiger partial charge in [-0.25, -0.2) is 0 Å². The van der Waals surface area contributed by atoms with Crippen LogP contribution in [0.4, 0.5) is 5.69 Å². The van der Waals surface area contributed by atoms with Crippen molar-refractivity contribution in [1.29, 1.82) is 0 Å². The molecule has 0 saturated carbocycles. The van der Waals surface area contributed by atoms with E-state index < -0.39 is 0 Å². The molecular weight excluding hydrogens is 492 g/mol. The van der Waals surface area contributed by atoms with Gasteiger partial charge in [-0.2, -0.15) is 0 Å². The van der Waals surface area contributed by atoms with E-state index in [9.17, 15) is 4.79 Å². The second-order valence-electron chi connectivity index (χ2n) is 7.60. The molecule has 0 radical (unpaired) electrons. The molecule has 1 atom stereocenters. The Morgan fingerprint density at radius 3 is 2.44 bits per heavy atom. The first-order chi connectivity index (χ1) is 15.4. The molecule has 0 spiro atoms. The van der Waals surface area contributed by atoms with Gasteiger partial charge in [0.1, 0.15) is 11.5 Å². The van der Waals surface area contributed by atoms with Crippen LogP contribution in [0.3, 0.4) is 0 Å². The van der Waals surface area contributed by atoms with Gasteiger partial charge in [-0.3, -0.25) is 4.79 Å². The number of carbonyl (C=O) groups excluding carboxylic acids is 1. The molecule has 1 amide bonds. The smallest absolute Gasteiger partial charge is 0.234 e. The number of nitrogens with zero attached hydrogens (tertiary/aromatic N) is 3. The Labute approximate surface area is 201 Å². The van der Waals surface area contributed by atoms with Crippen molar-refractivity contribution >= 4 is 39.3 Å². The summed E-state index contributed by atoms with van der Waals surface area (Å²) in [7, 11) is 1.63. The van der Waals surface area contributed by atoms with Crippen LogP contribution in [0.25, 0.3) is 0 Å². The summed E-state index contributed by atoms with van der Waals surface area (Å²) in [6.07, 6.45) is -0.307. The molecule has 0 bridgehead atoms. The molecule has 170 valence electrons. The van der Waals surface area contributed by atoms with Crippen molar-refractivity contribution in [2.75, 3.05) is 18.2 Å². The molecule has 1 unspecified atom stereocenters. The molecule has 1 N–H and O–H groups in total. The monoisotopic (exact) mass is 518 g/mol. The SMILES string of the molecule is COc1ccc(OC(C)c2nnc(SCC(=O)Nc3ccccc3Br)n2CC(C)C)cc1. The molecule has 1 heterocycles. The van der Waals surface area contributed by atoms with Crippen molar-refractivity contribution in [3.05, 3.63) is 58.8 Å². The van der Waals surface area contributed by atoms with Gasteiger partial charge < -0.3 is 19.4 Å². The van der Waals surface area contributed by atoms with Crippen LogP contribution in [0, 0.1) is 5.92 Å². The summed E-state index contributed by atoms with van der Waals surface area (Å²) in [6.45, 7) is 6.94. The maximum Gasteiger partial charge on any atom is 0.234 e. The van der Waals surface area contributed by atoms with Crippen LogP contribution in [0.2, 0.25) is 0 Å². The van der Waals surface area contributed by atoms with Gasteiger partial charge in [0.25, 0.3) is 0 Å². The Bertz CT molecular complexity index is 1040. The summed E-state index contributed by atoms with van der Waals surface area (Å²) in [4.78, 5) is 12.5. The third kappa shape index (κ3) is 6.49. The molecule has 1 aromatic heterocycles. The van der Waals surface area contributed by atoms with E-state index in [2.05, 4.69) is 45.3 Å². The highest BCUT2D eigenvalue weighted by molar-refractivity contribution is 9.10. The number of para-hydroxylation sites is 1. The minimum atomic E-state index is -0.307. The van der Waals surface area contributed by atoms with Gasteiger partial charge in [-0.1, -0.05) is 37.7 Å². The Morgan fingerprint density at radius 1 is 1.09 bits per heavy atom. The predicted molar refractivity (Wildman–Crippen MR) is 130 cm³/mol. The fourth-order valence-electron chi connectivity index (χ4n) is 3.03. The summed E-state index contributed by atoms with van der Waals surface area (Å²) in [5.74, 6) is 2.72. The number of methoxy groups -OCH3 is 1. The second kappa shape index (κ2) is 11.4. The summed E-state index contributed by atoms with van der Waals surface area (Å²) < 4.78 is 14.2. The van der Waals surface area contributed by atoms with E-state index in [1.807, 2.05) is 60.0 Å². The maximum absolute atomic E-state index is 12.5. The van der Waals surface area contributed by atoms with Gasteiger partial charge >= 0.3 is 0 Å². The van der Waals surface area contributed by atoms with Crippen LogP contribution < -0.4 is 14.8 Å². The van der Waals surface area contributed by atoms with Crippen LogP contribution in [-0.2, 0) is 11.3 Å². The van der Waals surface area contributed by atoms with Crippen LogP contribution in [0.5, 0.6) is 11.5 Å². The van der Waals surface area contributed by atoms with E-state index in [0.29, 0.717) is 11.1 Å². The molecule has 0 aliphatic heterocycles. The fourth-order valence-corrected chi connectivity index (χ4v) is 4.17. The lowest BCUT2D eigenvalue weighted by molar-refractivity contribution is -0.113. The lowest BCUT2D eigenvalue weighted by Gasteiger charge is -2.18. The van der Waals surface area contributed by atoms with Crippen molar-refractivity contribution < 1.29 is 14.3 Å². The van der Waals surface area contributed by atoms with Gasteiger partial charge in [0.2, 0.25) is 5.91 Å². The molecule has 3 rings (SSSR count). The van der Waals surface area contributed by atoms with Crippen molar-refractivity contribution in [2.24, 2.45) is 5.92 Å². The summed E-state index contributed by atoms with van der Waals surface area (Å²) in [5.41, 5.74) is 0.740. The zero-order valence-corrected chi connectivity index (χ0v) is 20.9. The van der Waals surface area contributed by atoms with Gasteiger partial charge in [0, 0.05) is 11.0 Å². The van der Waals surface area contributed by atoms with E-state index in [0.717, 1.165) is 34.0 Å². The second-order valence-corrected chi connectivity index (χ2v) is 9.39. The molecule has 0 aliphatic rings. The molecule has 32 heavy (non-hydrogen) atoms. The highest BCUT2D eigenvalue weighted by Gasteiger charge is 2.21. The number of anilines is 1. The van der Waals surface area contributed by atoms with Gasteiger partial charge in [0.05, 0.1) is 18.6 Å². The van der Waals surface area contributed by atoms with Gasteiger partial charge in [0.15, 0.2) is 17.1 Å². The average Bonchev–Trinajstić information content (AvgIpc) is 3.16. The number of carbonyl (C=O) groups is 1. The van der Waals surface area contributed by atoms with Crippen molar-refractivity contribution in [1.82, 2.24) is 14.8 Å². The van der Waals surface area contributed by atoms with Crippen LogP contribution in [0.1, 0.15) is 32.7 Å². The quantitative estimate of drug-likeness (QED) is 0.353. The minimum absolute atomic E-state index is 0.106. The van der Waals surface area contributed by atoms with E-state index in [4.69, 9.17) is 9.47 Å². The number of halogens is 1. The number of benzene rings is 2. The van der Waals surface area contributed by atoms with Gasteiger partial charge in [-0.05, 0) is 65.2 Å². The van der Waals surface area contributed by atoms with Crippen LogP contribution >= 0.6 is 27.7 Å². The Kier molecular flexibility index (Phi) is 8.58. The number of amides is 1. The molecule has 0 saturated heterocycles. The Balaban J connectivity index is 1.69. The number of nitrogens with one attached hydrogen (secondary N) is 1. The van der Waals surface area contributed by atoms with Crippen molar-refractivity contribution in [2.45, 2.75) is 38.6 Å². The molecule has 9 heteroatoms. The number of hydrogen-bond acceptors (Lipinski definition) is 6. The lowest BCUT2D eigenvalue weighted by atomic mass is 10.2. The van der Waals surface area contributed by atoms with Crippen molar-refractivity contribution in [3.8, 4) is 11.5 Å². The summed E-state index contributed by atoms with van der Waals surface area (Å²) in [5, 5.41) is 12.3. The zero-order chi connectivity index (χ0) is 23.1. The van der Waals surface area contributed by atoms with E-state index in [1.54, 1.807) is 7.11 Å².